The number of fused-ring (bicyclic) bond motifs is 1. The Kier molecular flexibility index (Phi) is 3.08. The first kappa shape index (κ1) is 11.7. The van der Waals surface area contributed by atoms with E-state index in [0.717, 1.165) is 21.9 Å². The Morgan fingerprint density at radius 3 is 2.75 bits per heavy atom. The number of aryl methyl sites for hydroxylation is 1. The van der Waals surface area contributed by atoms with Crippen LogP contribution in [0, 0.1) is 0 Å². The minimum absolute atomic E-state index is 0.000278. The zero-order chi connectivity index (χ0) is 11.9. The van der Waals surface area contributed by atoms with Gasteiger partial charge in [-0.3, -0.25) is 4.79 Å². The van der Waals surface area contributed by atoms with E-state index in [1.165, 1.54) is 0 Å². The zero-order valence-electron chi connectivity index (χ0n) is 9.05. The second-order valence-corrected chi connectivity index (χ2v) is 4.90. The van der Waals surface area contributed by atoms with E-state index in [0.29, 0.717) is 10.7 Å². The highest BCUT2D eigenvalue weighted by molar-refractivity contribution is 9.10. The van der Waals surface area contributed by atoms with Gasteiger partial charge in [-0.05, 0) is 32.0 Å². The third-order valence-electron chi connectivity index (χ3n) is 2.63. The number of hydrogen-bond donors (Lipinski definition) is 0. The van der Waals surface area contributed by atoms with Gasteiger partial charge in [0.25, 0.3) is 0 Å². The zero-order valence-corrected chi connectivity index (χ0v) is 11.4. The fraction of sp³-hybridized carbons (Fsp3) is 0.250. The summed E-state index contributed by atoms with van der Waals surface area (Å²) < 4.78 is 2.90. The number of benzene rings is 1. The molecule has 4 heteroatoms. The summed E-state index contributed by atoms with van der Waals surface area (Å²) >= 11 is 9.63. The van der Waals surface area contributed by atoms with Gasteiger partial charge in [-0.2, -0.15) is 0 Å². The van der Waals surface area contributed by atoms with Gasteiger partial charge in [-0.1, -0.05) is 27.5 Å². The molecule has 1 heterocycles. The Morgan fingerprint density at radius 1 is 1.50 bits per heavy atom. The molecule has 16 heavy (non-hydrogen) atoms. The molecule has 0 aliphatic heterocycles. The summed E-state index contributed by atoms with van der Waals surface area (Å²) in [6.45, 7) is 4.31. The van der Waals surface area contributed by atoms with Crippen LogP contribution in [0.25, 0.3) is 10.9 Å². The molecule has 0 bridgehead atoms. The monoisotopic (exact) mass is 299 g/mol. The molecule has 0 unspecified atom stereocenters. The largest absolute Gasteiger partial charge is 0.331 e. The van der Waals surface area contributed by atoms with Crippen molar-refractivity contribution < 1.29 is 4.79 Å². The van der Waals surface area contributed by atoms with Gasteiger partial charge in [0.1, 0.15) is 5.15 Å². The molecule has 84 valence electrons. The van der Waals surface area contributed by atoms with Crippen LogP contribution in [0.1, 0.15) is 24.2 Å². The second kappa shape index (κ2) is 4.22. The van der Waals surface area contributed by atoms with Crippen molar-refractivity contribution in [3.8, 4) is 0 Å². The lowest BCUT2D eigenvalue weighted by atomic mass is 10.1. The standard InChI is InChI=1S/C12H11BrClNO/c1-3-15-10-5-4-8(13)6-9(10)11(7(2)16)12(15)14/h4-6H,3H2,1-2H3. The van der Waals surface area contributed by atoms with E-state index < -0.39 is 0 Å². The Labute approximate surface area is 107 Å². The van der Waals surface area contributed by atoms with E-state index in [2.05, 4.69) is 15.9 Å². The number of nitrogens with zero attached hydrogens (tertiary/aromatic N) is 1. The number of carbonyl (C=O) groups is 1. The molecule has 0 saturated heterocycles. The topological polar surface area (TPSA) is 22.0 Å². The lowest BCUT2D eigenvalue weighted by Crippen LogP contribution is -1.95. The van der Waals surface area contributed by atoms with E-state index in [9.17, 15) is 4.79 Å². The smallest absolute Gasteiger partial charge is 0.163 e. The van der Waals surface area contributed by atoms with Crippen LogP contribution < -0.4 is 0 Å². The molecule has 0 fully saturated rings. The third kappa shape index (κ3) is 1.68. The molecule has 2 nitrogen and oxygen atoms in total. The van der Waals surface area contributed by atoms with Crippen LogP contribution in [-0.2, 0) is 6.54 Å². The number of carbonyl (C=O) groups excluding carboxylic acids is 1. The molecule has 0 saturated carbocycles. The van der Waals surface area contributed by atoms with Crippen LogP contribution >= 0.6 is 27.5 Å². The number of rotatable bonds is 2. The quantitative estimate of drug-likeness (QED) is 0.759. The van der Waals surface area contributed by atoms with Gasteiger partial charge in [0.15, 0.2) is 5.78 Å². The summed E-state index contributed by atoms with van der Waals surface area (Å²) in [5.41, 5.74) is 1.61. The first-order valence-electron chi connectivity index (χ1n) is 5.04. The number of ketones is 1. The minimum Gasteiger partial charge on any atom is -0.331 e. The van der Waals surface area contributed by atoms with Crippen molar-refractivity contribution in [1.82, 2.24) is 4.57 Å². The molecule has 0 atom stereocenters. The van der Waals surface area contributed by atoms with Crippen LogP contribution in [0.15, 0.2) is 22.7 Å². The van der Waals surface area contributed by atoms with Gasteiger partial charge in [-0.25, -0.2) is 0 Å². The normalized spacial score (nSPS) is 11.0. The van der Waals surface area contributed by atoms with Crippen LogP contribution in [0.5, 0.6) is 0 Å². The van der Waals surface area contributed by atoms with E-state index >= 15 is 0 Å². The SMILES string of the molecule is CCn1c(Cl)c(C(C)=O)c2cc(Br)ccc21. The Bertz CT molecular complexity index is 574. The van der Waals surface area contributed by atoms with E-state index in [-0.39, 0.29) is 5.78 Å². The predicted molar refractivity (Wildman–Crippen MR) is 70.3 cm³/mol. The number of hydrogen-bond acceptors (Lipinski definition) is 1. The van der Waals surface area contributed by atoms with Crippen LogP contribution in [0.2, 0.25) is 5.15 Å². The molecule has 0 N–H and O–H groups in total. The second-order valence-electron chi connectivity index (χ2n) is 3.63. The molecule has 0 radical (unpaired) electrons. The highest BCUT2D eigenvalue weighted by Gasteiger charge is 2.17. The van der Waals surface area contributed by atoms with E-state index in [1.54, 1.807) is 6.92 Å². The average molecular weight is 301 g/mol. The van der Waals surface area contributed by atoms with E-state index in [1.807, 2.05) is 29.7 Å². The summed E-state index contributed by atoms with van der Waals surface area (Å²) in [7, 11) is 0. The maximum Gasteiger partial charge on any atom is 0.163 e. The van der Waals surface area contributed by atoms with Crippen molar-refractivity contribution in [2.45, 2.75) is 20.4 Å². The van der Waals surface area contributed by atoms with Gasteiger partial charge >= 0.3 is 0 Å². The highest BCUT2D eigenvalue weighted by Crippen LogP contribution is 2.32. The molecule has 1 aromatic heterocycles. The lowest BCUT2D eigenvalue weighted by Gasteiger charge is -2.01. The molecular weight excluding hydrogens is 289 g/mol. The van der Waals surface area contributed by atoms with Gasteiger partial charge in [0, 0.05) is 21.9 Å². The van der Waals surface area contributed by atoms with Gasteiger partial charge in [0.05, 0.1) is 5.56 Å². The van der Waals surface area contributed by atoms with Gasteiger partial charge < -0.3 is 4.57 Å². The van der Waals surface area contributed by atoms with Crippen molar-refractivity contribution in [1.29, 1.82) is 0 Å². The van der Waals surface area contributed by atoms with Crippen molar-refractivity contribution in [2.24, 2.45) is 0 Å². The van der Waals surface area contributed by atoms with Crippen LogP contribution in [-0.4, -0.2) is 10.4 Å². The fourth-order valence-electron chi connectivity index (χ4n) is 1.94. The number of Topliss-reactive ketones (excluding diaryl/α,β-unsaturated/α-hetero) is 1. The summed E-state index contributed by atoms with van der Waals surface area (Å²) in [4.78, 5) is 11.6. The maximum absolute atomic E-state index is 11.6. The molecule has 2 rings (SSSR count). The maximum atomic E-state index is 11.6. The number of aromatic nitrogens is 1. The van der Waals surface area contributed by atoms with Crippen molar-refractivity contribution >= 4 is 44.2 Å². The highest BCUT2D eigenvalue weighted by atomic mass is 79.9. The first-order chi connectivity index (χ1) is 7.56. The summed E-state index contributed by atoms with van der Waals surface area (Å²) in [5.74, 6) is 0.000278. The van der Waals surface area contributed by atoms with Crippen molar-refractivity contribution in [2.75, 3.05) is 0 Å². The fourth-order valence-corrected chi connectivity index (χ4v) is 2.75. The van der Waals surface area contributed by atoms with Crippen molar-refractivity contribution in [3.05, 3.63) is 33.4 Å². The molecule has 2 aromatic rings. The van der Waals surface area contributed by atoms with Crippen molar-refractivity contribution in [3.63, 3.8) is 0 Å². The molecule has 0 aliphatic rings. The molecule has 0 spiro atoms. The van der Waals surface area contributed by atoms with Gasteiger partial charge in [0.2, 0.25) is 0 Å². The van der Waals surface area contributed by atoms with Gasteiger partial charge in [-0.15, -0.1) is 0 Å². The Morgan fingerprint density at radius 2 is 2.19 bits per heavy atom. The summed E-state index contributed by atoms with van der Waals surface area (Å²) in [6, 6.07) is 5.86. The van der Waals surface area contributed by atoms with Crippen LogP contribution in [0.4, 0.5) is 0 Å². The first-order valence-corrected chi connectivity index (χ1v) is 6.21. The van der Waals surface area contributed by atoms with Crippen LogP contribution in [0.3, 0.4) is 0 Å². The Hall–Kier alpha value is -0.800. The molecule has 0 amide bonds. The Balaban J connectivity index is 2.92. The minimum atomic E-state index is 0.000278. The third-order valence-corrected chi connectivity index (χ3v) is 3.52. The van der Waals surface area contributed by atoms with E-state index in [4.69, 9.17) is 11.6 Å². The molecule has 1 aromatic carbocycles. The summed E-state index contributed by atoms with van der Waals surface area (Å²) in [6.07, 6.45) is 0. The average Bonchev–Trinajstić information content (AvgIpc) is 2.48. The lowest BCUT2D eigenvalue weighted by molar-refractivity contribution is 0.101. The number of halogens is 2. The summed E-state index contributed by atoms with van der Waals surface area (Å²) in [5, 5.41) is 1.44. The predicted octanol–water partition coefficient (Wildman–Crippen LogP) is 4.28. The molecular formula is C12H11BrClNO. The molecule has 0 aliphatic carbocycles.